The summed E-state index contributed by atoms with van der Waals surface area (Å²) in [6.45, 7) is 3.97. The molecule has 0 fully saturated rings. The van der Waals surface area contributed by atoms with Crippen molar-refractivity contribution in [1.29, 1.82) is 0 Å². The summed E-state index contributed by atoms with van der Waals surface area (Å²) >= 11 is 0. The Hall–Kier alpha value is -3.92. The first-order chi connectivity index (χ1) is 14.5. The van der Waals surface area contributed by atoms with Gasteiger partial charge in [-0.05, 0) is 61.4 Å². The van der Waals surface area contributed by atoms with Crippen LogP contribution < -0.4 is 9.47 Å². The fraction of sp³-hybridized carbons (Fsp3) is 0.0769. The maximum absolute atomic E-state index is 12.0. The third-order valence-electron chi connectivity index (χ3n) is 4.24. The first kappa shape index (κ1) is 20.8. The summed E-state index contributed by atoms with van der Waals surface area (Å²) in [5, 5.41) is 0. The molecule has 0 unspecified atom stereocenters. The van der Waals surface area contributed by atoms with E-state index in [4.69, 9.17) is 9.47 Å². The van der Waals surface area contributed by atoms with E-state index < -0.39 is 11.9 Å². The SMILES string of the molecule is Cc1ccc(/C=C/C(=O)Oc2ccc(/C=C/C(=O)Oc3ccc(C)cc3)cc2)cc1. The Morgan fingerprint density at radius 1 is 0.567 bits per heavy atom. The van der Waals surface area contributed by atoms with Crippen LogP contribution >= 0.6 is 0 Å². The molecule has 0 aromatic heterocycles. The molecule has 4 heteroatoms. The molecule has 30 heavy (non-hydrogen) atoms. The van der Waals surface area contributed by atoms with Crippen LogP contribution in [0.5, 0.6) is 11.5 Å². The van der Waals surface area contributed by atoms with Crippen LogP contribution in [0.15, 0.2) is 84.9 Å². The zero-order chi connectivity index (χ0) is 21.3. The zero-order valence-corrected chi connectivity index (χ0v) is 16.9. The van der Waals surface area contributed by atoms with Gasteiger partial charge in [-0.2, -0.15) is 0 Å². The molecule has 4 nitrogen and oxygen atoms in total. The van der Waals surface area contributed by atoms with E-state index in [9.17, 15) is 9.59 Å². The number of carbonyl (C=O) groups excluding carboxylic acids is 2. The van der Waals surface area contributed by atoms with Gasteiger partial charge in [-0.15, -0.1) is 0 Å². The van der Waals surface area contributed by atoms with Crippen molar-refractivity contribution in [3.05, 3.63) is 107 Å². The standard InChI is InChI=1S/C26H22O4/c1-19-3-7-21(8-4-19)11-17-26(28)30-24-15-9-22(10-16-24)12-18-25(27)29-23-13-5-20(2)6-14-23/h3-18H,1-2H3/b17-11+,18-12+. The third-order valence-corrected chi connectivity index (χ3v) is 4.24. The Bertz CT molecular complexity index is 1060. The van der Waals surface area contributed by atoms with Gasteiger partial charge in [0.1, 0.15) is 11.5 Å². The number of aryl methyl sites for hydroxylation is 2. The molecule has 0 atom stereocenters. The van der Waals surface area contributed by atoms with Gasteiger partial charge in [-0.25, -0.2) is 9.59 Å². The van der Waals surface area contributed by atoms with Crippen LogP contribution in [0.2, 0.25) is 0 Å². The molecule has 0 aliphatic carbocycles. The molecule has 0 N–H and O–H groups in total. The predicted octanol–water partition coefficient (Wildman–Crippen LogP) is 5.54. The lowest BCUT2D eigenvalue weighted by molar-refractivity contribution is -0.129. The van der Waals surface area contributed by atoms with E-state index in [1.54, 1.807) is 48.6 Å². The summed E-state index contributed by atoms with van der Waals surface area (Å²) in [5.41, 5.74) is 3.96. The van der Waals surface area contributed by atoms with E-state index >= 15 is 0 Å². The van der Waals surface area contributed by atoms with Gasteiger partial charge in [0.05, 0.1) is 0 Å². The number of esters is 2. The van der Waals surface area contributed by atoms with Crippen molar-refractivity contribution in [2.24, 2.45) is 0 Å². The number of benzene rings is 3. The lowest BCUT2D eigenvalue weighted by atomic mass is 10.1. The average Bonchev–Trinajstić information content (AvgIpc) is 2.74. The quantitative estimate of drug-likeness (QED) is 0.311. The highest BCUT2D eigenvalue weighted by Crippen LogP contribution is 2.15. The van der Waals surface area contributed by atoms with Crippen LogP contribution in [0.4, 0.5) is 0 Å². The van der Waals surface area contributed by atoms with Crippen LogP contribution in [0.3, 0.4) is 0 Å². The van der Waals surface area contributed by atoms with E-state index in [1.807, 2.05) is 50.2 Å². The second-order valence-electron chi connectivity index (χ2n) is 6.80. The van der Waals surface area contributed by atoms with Crippen molar-refractivity contribution in [3.63, 3.8) is 0 Å². The first-order valence-electron chi connectivity index (χ1n) is 9.51. The molecule has 0 bridgehead atoms. The van der Waals surface area contributed by atoms with Crippen molar-refractivity contribution < 1.29 is 19.1 Å². The summed E-state index contributed by atoms with van der Waals surface area (Å²) in [4.78, 5) is 23.9. The zero-order valence-electron chi connectivity index (χ0n) is 16.9. The highest BCUT2D eigenvalue weighted by atomic mass is 16.5. The monoisotopic (exact) mass is 398 g/mol. The van der Waals surface area contributed by atoms with Crippen molar-refractivity contribution >= 4 is 24.1 Å². The van der Waals surface area contributed by atoms with Crippen molar-refractivity contribution in [2.45, 2.75) is 13.8 Å². The fourth-order valence-electron chi connectivity index (χ4n) is 2.56. The topological polar surface area (TPSA) is 52.6 Å². The number of hydrogen-bond acceptors (Lipinski definition) is 4. The lowest BCUT2D eigenvalue weighted by Crippen LogP contribution is -2.04. The van der Waals surface area contributed by atoms with Gasteiger partial charge in [0.2, 0.25) is 0 Å². The normalized spacial score (nSPS) is 11.0. The maximum atomic E-state index is 12.0. The van der Waals surface area contributed by atoms with Gasteiger partial charge in [-0.3, -0.25) is 0 Å². The minimum absolute atomic E-state index is 0.424. The Balaban J connectivity index is 1.51. The van der Waals surface area contributed by atoms with Gasteiger partial charge in [-0.1, -0.05) is 59.7 Å². The molecule has 0 saturated heterocycles. The number of rotatable bonds is 6. The molecule has 0 amide bonds. The first-order valence-corrected chi connectivity index (χ1v) is 9.51. The molecular weight excluding hydrogens is 376 g/mol. The van der Waals surface area contributed by atoms with Crippen LogP contribution in [0.1, 0.15) is 22.3 Å². The maximum Gasteiger partial charge on any atom is 0.336 e. The van der Waals surface area contributed by atoms with Crippen molar-refractivity contribution in [3.8, 4) is 11.5 Å². The Morgan fingerprint density at radius 2 is 0.900 bits per heavy atom. The van der Waals surface area contributed by atoms with E-state index in [0.717, 1.165) is 22.3 Å². The molecule has 0 aliphatic rings. The average molecular weight is 398 g/mol. The molecule has 0 spiro atoms. The summed E-state index contributed by atoms with van der Waals surface area (Å²) in [6.07, 6.45) is 6.09. The largest absolute Gasteiger partial charge is 0.423 e. The van der Waals surface area contributed by atoms with Gasteiger partial charge in [0, 0.05) is 12.2 Å². The second kappa shape index (κ2) is 10.0. The molecule has 0 radical (unpaired) electrons. The minimum atomic E-state index is -0.462. The molecular formula is C26H22O4. The van der Waals surface area contributed by atoms with Crippen molar-refractivity contribution in [1.82, 2.24) is 0 Å². The molecule has 3 aromatic rings. The highest BCUT2D eigenvalue weighted by Gasteiger charge is 2.02. The van der Waals surface area contributed by atoms with Crippen LogP contribution in [-0.2, 0) is 9.59 Å². The summed E-state index contributed by atoms with van der Waals surface area (Å²) in [6, 6.07) is 21.9. The fourth-order valence-corrected chi connectivity index (χ4v) is 2.56. The van der Waals surface area contributed by atoms with Crippen LogP contribution in [0, 0.1) is 13.8 Å². The van der Waals surface area contributed by atoms with Gasteiger partial charge in [0.25, 0.3) is 0 Å². The Morgan fingerprint density at radius 3 is 1.33 bits per heavy atom. The number of ether oxygens (including phenoxy) is 2. The number of carbonyl (C=O) groups is 2. The Kier molecular flexibility index (Phi) is 6.95. The van der Waals surface area contributed by atoms with E-state index in [-0.39, 0.29) is 0 Å². The van der Waals surface area contributed by atoms with E-state index in [1.165, 1.54) is 12.2 Å². The lowest BCUT2D eigenvalue weighted by Gasteiger charge is -2.02. The predicted molar refractivity (Wildman–Crippen MR) is 118 cm³/mol. The third kappa shape index (κ3) is 6.60. The van der Waals surface area contributed by atoms with E-state index in [2.05, 4.69) is 0 Å². The molecule has 150 valence electrons. The van der Waals surface area contributed by atoms with E-state index in [0.29, 0.717) is 11.5 Å². The highest BCUT2D eigenvalue weighted by molar-refractivity contribution is 5.89. The summed E-state index contributed by atoms with van der Waals surface area (Å²) in [5.74, 6) is 0.000262. The van der Waals surface area contributed by atoms with Crippen molar-refractivity contribution in [2.75, 3.05) is 0 Å². The number of hydrogen-bond donors (Lipinski definition) is 0. The smallest absolute Gasteiger partial charge is 0.336 e. The minimum Gasteiger partial charge on any atom is -0.423 e. The van der Waals surface area contributed by atoms with Gasteiger partial charge < -0.3 is 9.47 Å². The molecule has 0 aliphatic heterocycles. The molecule has 3 rings (SSSR count). The van der Waals surface area contributed by atoms with Gasteiger partial charge >= 0.3 is 11.9 Å². The summed E-state index contributed by atoms with van der Waals surface area (Å²) < 4.78 is 10.5. The summed E-state index contributed by atoms with van der Waals surface area (Å²) in [7, 11) is 0. The molecule has 3 aromatic carbocycles. The Labute approximate surface area is 176 Å². The molecule has 0 heterocycles. The van der Waals surface area contributed by atoms with Crippen LogP contribution in [-0.4, -0.2) is 11.9 Å². The van der Waals surface area contributed by atoms with Gasteiger partial charge in [0.15, 0.2) is 0 Å². The second-order valence-corrected chi connectivity index (χ2v) is 6.80. The molecule has 0 saturated carbocycles. The van der Waals surface area contributed by atoms with Crippen LogP contribution in [0.25, 0.3) is 12.2 Å².